The van der Waals surface area contributed by atoms with Crippen molar-refractivity contribution in [2.45, 2.75) is 77.0 Å². The summed E-state index contributed by atoms with van der Waals surface area (Å²) in [6.45, 7) is 10.6. The number of phenols is 1. The van der Waals surface area contributed by atoms with Crippen LogP contribution in [0.4, 0.5) is 0 Å². The molecule has 5 atom stereocenters. The number of aromatic amines is 1. The number of hydrogen-bond acceptors (Lipinski definition) is 12. The zero-order chi connectivity index (χ0) is 41.2. The van der Waals surface area contributed by atoms with Crippen LogP contribution in [0.2, 0.25) is 0 Å². The van der Waals surface area contributed by atoms with Crippen molar-refractivity contribution in [1.29, 1.82) is 0 Å². The first kappa shape index (κ1) is 40.2. The van der Waals surface area contributed by atoms with Crippen LogP contribution in [-0.4, -0.2) is 102 Å². The molecule has 0 saturated carbocycles. The minimum absolute atomic E-state index is 0.0511. The number of rotatable bonds is 13. The number of carbonyl (C=O) groups is 2. The fraction of sp³-hybridized carbons (Fsp3) is 0.409. The number of aromatic hydroxyl groups is 1. The minimum Gasteiger partial charge on any atom is -0.507 e. The van der Waals surface area contributed by atoms with Crippen LogP contribution >= 0.6 is 11.3 Å². The summed E-state index contributed by atoms with van der Waals surface area (Å²) in [5.41, 5.74) is 7.97. The number of carbonyl (C=O) groups excluding carboxylic acids is 2. The van der Waals surface area contributed by atoms with Gasteiger partial charge in [0.15, 0.2) is 11.4 Å². The standard InChI is InChI=1S/C44H50N8O6S/c1-25(2)40(44(56)52-23-31(53)18-36(52)43(55)47-26(3)28-11-13-29(14-12-28)41-27(4)46-24-59-41)38-20-39(50-58-38)57-17-16-51-15-7-8-30(22-51)34-21-45-42-33(34)19-35(48-49-42)32-9-5-6-10-37(32)54/h5-6,9-14,19-21,24-26,30-31,36,40,53-54H,7-8,15-18,22-23H2,1-4H3,(H,45,49)(H,47,55)/t26-,30?,31+,36-,40+/m0/s1. The quantitative estimate of drug-likeness (QED) is 0.0987. The number of ether oxygens (including phenoxy) is 1. The molecule has 15 heteroatoms. The molecule has 6 heterocycles. The number of amides is 2. The van der Waals surface area contributed by atoms with Crippen molar-refractivity contribution in [2.24, 2.45) is 5.92 Å². The smallest absolute Gasteiger partial charge is 0.254 e. The number of benzene rings is 2. The van der Waals surface area contributed by atoms with Gasteiger partial charge in [-0.2, -0.15) is 0 Å². The lowest BCUT2D eigenvalue weighted by molar-refractivity contribution is -0.141. The number of aliphatic hydroxyl groups is 1. The number of nitrogens with zero attached hydrogens (tertiary/aromatic N) is 6. The average Bonchev–Trinajstić information content (AvgIpc) is 4.05. The molecule has 6 aromatic rings. The number of nitrogens with one attached hydrogen (secondary N) is 2. The maximum atomic E-state index is 14.2. The zero-order valence-corrected chi connectivity index (χ0v) is 34.5. The first-order valence-corrected chi connectivity index (χ1v) is 21.2. The Morgan fingerprint density at radius 1 is 1.08 bits per heavy atom. The Bertz CT molecular complexity index is 2410. The highest BCUT2D eigenvalue weighted by Crippen LogP contribution is 2.36. The molecule has 308 valence electrons. The Hall–Kier alpha value is -5.64. The lowest BCUT2D eigenvalue weighted by Gasteiger charge is -2.32. The van der Waals surface area contributed by atoms with Crippen LogP contribution in [0, 0.1) is 12.8 Å². The number of aryl methyl sites for hydroxylation is 1. The van der Waals surface area contributed by atoms with E-state index < -0.39 is 18.1 Å². The second-order valence-electron chi connectivity index (χ2n) is 16.0. The van der Waals surface area contributed by atoms with Gasteiger partial charge in [0.2, 0.25) is 11.8 Å². The Morgan fingerprint density at radius 2 is 1.90 bits per heavy atom. The molecule has 0 aliphatic carbocycles. The van der Waals surface area contributed by atoms with Crippen molar-refractivity contribution >= 4 is 34.2 Å². The molecule has 0 bridgehead atoms. The largest absolute Gasteiger partial charge is 0.507 e. The number of thiazole rings is 1. The summed E-state index contributed by atoms with van der Waals surface area (Å²) in [5, 5.41) is 38.1. The SMILES string of the molecule is Cc1ncsc1-c1ccc([C@H](C)NC(=O)[C@@H]2C[C@@H](O)CN2C(=O)[C@@H](c2cc(OCCN3CCCC(c4c[nH]c5nnc(-c6ccccc6O)cc45)C3)no2)C(C)C)cc1. The second kappa shape index (κ2) is 17.3. The maximum absolute atomic E-state index is 14.2. The minimum atomic E-state index is -0.830. The van der Waals surface area contributed by atoms with E-state index in [0.717, 1.165) is 53.0 Å². The molecule has 8 rings (SSSR count). The van der Waals surface area contributed by atoms with Gasteiger partial charge >= 0.3 is 0 Å². The summed E-state index contributed by atoms with van der Waals surface area (Å²) in [5.74, 6) is -0.432. The van der Waals surface area contributed by atoms with Crippen LogP contribution in [-0.2, 0) is 9.59 Å². The third-order valence-electron chi connectivity index (χ3n) is 11.6. The van der Waals surface area contributed by atoms with E-state index in [-0.39, 0.29) is 48.4 Å². The summed E-state index contributed by atoms with van der Waals surface area (Å²) in [6.07, 6.45) is 3.40. The van der Waals surface area contributed by atoms with Gasteiger partial charge in [-0.25, -0.2) is 4.98 Å². The van der Waals surface area contributed by atoms with E-state index in [2.05, 4.69) is 35.5 Å². The molecule has 2 fully saturated rings. The maximum Gasteiger partial charge on any atom is 0.254 e. The molecule has 59 heavy (non-hydrogen) atoms. The number of fused-ring (bicyclic) bond motifs is 1. The molecule has 2 amide bonds. The van der Waals surface area contributed by atoms with Crippen LogP contribution in [0.3, 0.4) is 0 Å². The van der Waals surface area contributed by atoms with Crippen molar-refractivity contribution in [3.05, 3.63) is 95.0 Å². The van der Waals surface area contributed by atoms with Gasteiger partial charge in [0.05, 0.1) is 33.9 Å². The van der Waals surface area contributed by atoms with Crippen LogP contribution in [0.25, 0.3) is 32.7 Å². The Morgan fingerprint density at radius 3 is 2.66 bits per heavy atom. The Balaban J connectivity index is 0.872. The average molecular weight is 819 g/mol. The predicted molar refractivity (Wildman–Crippen MR) is 224 cm³/mol. The van der Waals surface area contributed by atoms with E-state index in [1.54, 1.807) is 29.5 Å². The van der Waals surface area contributed by atoms with Crippen LogP contribution in [0.5, 0.6) is 11.6 Å². The predicted octanol–water partition coefficient (Wildman–Crippen LogP) is 6.59. The highest BCUT2D eigenvalue weighted by molar-refractivity contribution is 7.13. The number of piperidine rings is 1. The van der Waals surface area contributed by atoms with Crippen molar-refractivity contribution < 1.29 is 29.1 Å². The van der Waals surface area contributed by atoms with Gasteiger partial charge in [0.1, 0.15) is 24.3 Å². The van der Waals surface area contributed by atoms with Gasteiger partial charge in [0.25, 0.3) is 5.88 Å². The van der Waals surface area contributed by atoms with Gasteiger partial charge < -0.3 is 34.7 Å². The molecule has 2 aromatic carbocycles. The lowest BCUT2D eigenvalue weighted by atomic mass is 9.90. The molecule has 2 aliphatic heterocycles. The monoisotopic (exact) mass is 818 g/mol. The number of hydrogen-bond donors (Lipinski definition) is 4. The topological polar surface area (TPSA) is 183 Å². The molecule has 1 unspecified atom stereocenters. The van der Waals surface area contributed by atoms with Crippen molar-refractivity contribution in [3.63, 3.8) is 0 Å². The highest BCUT2D eigenvalue weighted by atomic mass is 32.1. The zero-order valence-electron chi connectivity index (χ0n) is 33.7. The van der Waals surface area contributed by atoms with Gasteiger partial charge in [0, 0.05) is 49.3 Å². The molecular weight excluding hydrogens is 769 g/mol. The molecule has 0 spiro atoms. The molecule has 2 aliphatic rings. The fourth-order valence-electron chi connectivity index (χ4n) is 8.50. The van der Waals surface area contributed by atoms with E-state index >= 15 is 0 Å². The summed E-state index contributed by atoms with van der Waals surface area (Å²) >= 11 is 1.59. The second-order valence-corrected chi connectivity index (χ2v) is 16.9. The number of aliphatic hydroxyl groups excluding tert-OH is 1. The highest BCUT2D eigenvalue weighted by Gasteiger charge is 2.43. The Labute approximate surface area is 346 Å². The first-order chi connectivity index (χ1) is 28.5. The molecule has 4 aromatic heterocycles. The van der Waals surface area contributed by atoms with Crippen LogP contribution < -0.4 is 10.1 Å². The molecule has 4 N–H and O–H groups in total. The number of phenolic OH excluding ortho intramolecular Hbond substituents is 1. The van der Waals surface area contributed by atoms with Crippen LogP contribution in [0.15, 0.2) is 76.9 Å². The molecule has 2 saturated heterocycles. The fourth-order valence-corrected chi connectivity index (χ4v) is 9.31. The van der Waals surface area contributed by atoms with Crippen molar-refractivity contribution in [3.8, 4) is 33.3 Å². The third kappa shape index (κ3) is 8.59. The van der Waals surface area contributed by atoms with E-state index in [1.807, 2.05) is 81.9 Å². The van der Waals surface area contributed by atoms with Gasteiger partial charge in [-0.1, -0.05) is 50.2 Å². The van der Waals surface area contributed by atoms with Gasteiger partial charge in [-0.3, -0.25) is 14.5 Å². The third-order valence-corrected chi connectivity index (χ3v) is 12.6. The van der Waals surface area contributed by atoms with Crippen molar-refractivity contribution in [1.82, 2.24) is 40.4 Å². The lowest BCUT2D eigenvalue weighted by Crippen LogP contribution is -2.48. The molecular formula is C44H50N8O6S. The molecule has 0 radical (unpaired) electrons. The van der Waals surface area contributed by atoms with E-state index in [9.17, 15) is 19.8 Å². The number of likely N-dealkylation sites (tertiary alicyclic amines) is 2. The van der Waals surface area contributed by atoms with Gasteiger partial charge in [-0.05, 0) is 85.1 Å². The normalized spacial score (nSPS) is 19.6. The van der Waals surface area contributed by atoms with E-state index in [1.165, 1.54) is 10.5 Å². The number of H-pyrrole nitrogens is 1. The number of aromatic nitrogens is 5. The summed E-state index contributed by atoms with van der Waals surface area (Å²) in [4.78, 5) is 40.5. The first-order valence-electron chi connectivity index (χ1n) is 20.3. The van der Waals surface area contributed by atoms with E-state index in [0.29, 0.717) is 41.7 Å². The molecule has 14 nitrogen and oxygen atoms in total. The summed E-state index contributed by atoms with van der Waals surface area (Å²) in [7, 11) is 0. The van der Waals surface area contributed by atoms with Crippen molar-refractivity contribution in [2.75, 3.05) is 32.8 Å². The summed E-state index contributed by atoms with van der Waals surface area (Å²) < 4.78 is 11.8. The van der Waals surface area contributed by atoms with Crippen LogP contribution in [0.1, 0.15) is 80.5 Å². The summed E-state index contributed by atoms with van der Waals surface area (Å²) in [6, 6.07) is 17.7. The number of β-amino-alcohol motifs (C(OH)–C–C–N with tert-alkyl or cyclic N) is 1. The Kier molecular flexibility index (Phi) is 11.8. The van der Waals surface area contributed by atoms with Gasteiger partial charge in [-0.15, -0.1) is 21.5 Å². The van der Waals surface area contributed by atoms with E-state index in [4.69, 9.17) is 9.26 Å². The number of para-hydroxylation sites is 1.